The van der Waals surface area contributed by atoms with E-state index >= 15 is 0 Å². The highest BCUT2D eigenvalue weighted by molar-refractivity contribution is 7.92. The average Bonchev–Trinajstić information content (AvgIpc) is 3.91. The third kappa shape index (κ3) is 19.8. The van der Waals surface area contributed by atoms with Crippen molar-refractivity contribution < 1.29 is 27.5 Å². The van der Waals surface area contributed by atoms with E-state index in [1.165, 1.54) is 83.5 Å². The highest BCUT2D eigenvalue weighted by atomic mass is 32.2. The molecule has 4 N–H and O–H groups in total. The summed E-state index contributed by atoms with van der Waals surface area (Å²) in [4.78, 5) is 33.6. The van der Waals surface area contributed by atoms with Gasteiger partial charge in [0.2, 0.25) is 10.0 Å². The molecule has 2 unspecified atom stereocenters. The molecule has 5 aromatic rings. The monoisotopic (exact) mass is 982 g/mol. The minimum absolute atomic E-state index is 0.142. The molecule has 0 aliphatic heterocycles. The van der Waals surface area contributed by atoms with Gasteiger partial charge in [-0.3, -0.25) is 19.4 Å². The van der Waals surface area contributed by atoms with Crippen LogP contribution >= 0.6 is 0 Å². The molecule has 70 heavy (non-hydrogen) atoms. The molecule has 0 spiro atoms. The molecule has 3 aromatic carbocycles. The van der Waals surface area contributed by atoms with Crippen LogP contribution in [0, 0.1) is 6.92 Å². The first-order chi connectivity index (χ1) is 33.6. The minimum Gasteiger partial charge on any atom is -0.481 e. The molecule has 0 fully saturated rings. The van der Waals surface area contributed by atoms with Gasteiger partial charge in [-0.05, 0) is 87.2 Å². The Morgan fingerprint density at radius 1 is 0.614 bits per heavy atom. The Hall–Kier alpha value is -5.37. The third-order valence-electron chi connectivity index (χ3n) is 12.6. The topological polar surface area (TPSA) is 169 Å². The highest BCUT2D eigenvalue weighted by Crippen LogP contribution is 2.30. The van der Waals surface area contributed by atoms with Crippen LogP contribution in [0.2, 0.25) is 0 Å². The normalized spacial score (nSPS) is 12.7. The van der Waals surface area contributed by atoms with E-state index in [4.69, 9.17) is 19.6 Å². The Labute approximate surface area is 419 Å². The number of unbranched alkanes of at least 4 members (excludes halogenated alkanes) is 18. The summed E-state index contributed by atoms with van der Waals surface area (Å²) in [6, 6.07) is 21.6. The molecule has 5 rings (SSSR count). The molecule has 0 saturated carbocycles. The van der Waals surface area contributed by atoms with Crippen LogP contribution in [0.3, 0.4) is 0 Å². The molecule has 2 heterocycles. The molecule has 2 aromatic heterocycles. The number of carbonyl (C=O) groups excluding carboxylic acids is 2. The maximum Gasteiger partial charge on any atom is 0.265 e. The Morgan fingerprint density at radius 3 is 1.46 bits per heavy atom. The zero-order valence-electron chi connectivity index (χ0n) is 43.3. The number of hydrogen-bond acceptors (Lipinski definition) is 8. The molecule has 0 aliphatic carbocycles. The van der Waals surface area contributed by atoms with Crippen molar-refractivity contribution in [2.24, 2.45) is 0 Å². The fourth-order valence-electron chi connectivity index (χ4n) is 8.51. The van der Waals surface area contributed by atoms with Crippen molar-refractivity contribution >= 4 is 44.5 Å². The molecule has 384 valence electrons. The highest BCUT2D eigenvalue weighted by Gasteiger charge is 2.25. The molecule has 14 heteroatoms. The number of H-pyrrole nitrogens is 1. The Kier molecular flexibility index (Phi) is 22.6. The summed E-state index contributed by atoms with van der Waals surface area (Å²) in [5.41, 5.74) is 4.46. The molecule has 0 aliphatic rings. The van der Waals surface area contributed by atoms with Crippen LogP contribution in [0.25, 0.3) is 17.0 Å². The fraction of sp³-hybridized carbons (Fsp3) is 0.571. The van der Waals surface area contributed by atoms with Crippen LogP contribution in [-0.2, 0) is 25.0 Å². The number of hydrogen-bond donors (Lipinski definition) is 4. The first-order valence-corrected chi connectivity index (χ1v) is 28.2. The van der Waals surface area contributed by atoms with E-state index in [0.717, 1.165) is 62.5 Å². The number of amides is 2. The summed E-state index contributed by atoms with van der Waals surface area (Å²) in [6.07, 6.45) is 23.9. The first kappa shape index (κ1) is 55.6. The summed E-state index contributed by atoms with van der Waals surface area (Å²) >= 11 is 0. The molecule has 2 amide bonds. The summed E-state index contributed by atoms with van der Waals surface area (Å²) in [5.74, 6) is 0.826. The van der Waals surface area contributed by atoms with Crippen LogP contribution < -0.4 is 24.8 Å². The molecular formula is C56H83N7O6S. The number of rotatable bonds is 33. The number of ether oxygens (including phenoxy) is 2. The maximum atomic E-state index is 14.4. The van der Waals surface area contributed by atoms with Crippen molar-refractivity contribution in [3.8, 4) is 22.9 Å². The fourth-order valence-corrected chi connectivity index (χ4v) is 9.08. The van der Waals surface area contributed by atoms with Crippen molar-refractivity contribution in [1.29, 1.82) is 0 Å². The largest absolute Gasteiger partial charge is 0.481 e. The van der Waals surface area contributed by atoms with E-state index in [1.54, 1.807) is 41.0 Å². The smallest absolute Gasteiger partial charge is 0.265 e. The lowest BCUT2D eigenvalue weighted by Crippen LogP contribution is -2.34. The number of fused-ring (bicyclic) bond motifs is 1. The Morgan fingerprint density at radius 2 is 1.04 bits per heavy atom. The van der Waals surface area contributed by atoms with Crippen molar-refractivity contribution in [1.82, 2.24) is 19.8 Å². The first-order valence-electron chi connectivity index (χ1n) is 26.3. The van der Waals surface area contributed by atoms with Gasteiger partial charge in [0.25, 0.3) is 11.8 Å². The Balaban J connectivity index is 1.37. The van der Waals surface area contributed by atoms with Crippen molar-refractivity contribution in [3.63, 3.8) is 0 Å². The minimum atomic E-state index is -3.47. The molecule has 0 bridgehead atoms. The Bertz CT molecular complexity index is 2410. The van der Waals surface area contributed by atoms with Gasteiger partial charge in [-0.25, -0.2) is 13.4 Å². The van der Waals surface area contributed by atoms with E-state index in [0.29, 0.717) is 58.4 Å². The number of aromatic amines is 1. The second-order valence-corrected chi connectivity index (χ2v) is 22.0. The van der Waals surface area contributed by atoms with Gasteiger partial charge in [0.15, 0.2) is 23.7 Å². The van der Waals surface area contributed by atoms with Crippen LogP contribution in [0.4, 0.5) is 17.1 Å². The van der Waals surface area contributed by atoms with Crippen LogP contribution in [0.1, 0.15) is 187 Å². The van der Waals surface area contributed by atoms with Gasteiger partial charge in [0.1, 0.15) is 11.5 Å². The summed E-state index contributed by atoms with van der Waals surface area (Å²) < 4.78 is 40.6. The lowest BCUT2D eigenvalue weighted by Gasteiger charge is -2.21. The number of benzene rings is 3. The van der Waals surface area contributed by atoms with Gasteiger partial charge in [-0.1, -0.05) is 168 Å². The molecule has 0 radical (unpaired) electrons. The number of sulfonamides is 1. The van der Waals surface area contributed by atoms with Gasteiger partial charge < -0.3 is 20.1 Å². The number of nitrogens with one attached hydrogen (secondary N) is 4. The van der Waals surface area contributed by atoms with E-state index in [9.17, 15) is 18.0 Å². The zero-order valence-corrected chi connectivity index (χ0v) is 44.2. The SMILES string of the molecule is CCCCCCCCCCCCC(Oc1ccc(C)cc1)C(=O)Nc1cc(NC(=O)C(CCCCCCCCCCCC)Oc2ccc(NS(C)(=O)=O)cc2)cc(-c2nc3cc(C(C)(C)C)[nH]n3n2)c1. The predicted octanol–water partition coefficient (Wildman–Crippen LogP) is 14.1. The van der Waals surface area contributed by atoms with Gasteiger partial charge in [-0.15, -0.1) is 5.10 Å². The summed E-state index contributed by atoms with van der Waals surface area (Å²) in [6.45, 7) is 12.8. The quantitative estimate of drug-likeness (QED) is 0.0301. The van der Waals surface area contributed by atoms with Gasteiger partial charge in [0.05, 0.1) is 6.26 Å². The van der Waals surface area contributed by atoms with Gasteiger partial charge in [0, 0.05) is 39.8 Å². The molecule has 2 atom stereocenters. The van der Waals surface area contributed by atoms with Crippen LogP contribution in [0.15, 0.2) is 72.8 Å². The van der Waals surface area contributed by atoms with E-state index in [1.807, 2.05) is 43.3 Å². The summed E-state index contributed by atoms with van der Waals surface area (Å²) in [7, 11) is -3.47. The lowest BCUT2D eigenvalue weighted by molar-refractivity contribution is -0.123. The molecule has 0 saturated heterocycles. The van der Waals surface area contributed by atoms with E-state index in [2.05, 4.69) is 55.1 Å². The number of anilines is 3. The third-order valence-corrected chi connectivity index (χ3v) is 13.2. The van der Waals surface area contributed by atoms with Crippen molar-refractivity contribution in [3.05, 3.63) is 84.1 Å². The van der Waals surface area contributed by atoms with E-state index < -0.39 is 22.2 Å². The zero-order chi connectivity index (χ0) is 50.4. The predicted molar refractivity (Wildman–Crippen MR) is 287 cm³/mol. The van der Waals surface area contributed by atoms with E-state index in [-0.39, 0.29) is 17.2 Å². The number of aromatic nitrogens is 4. The second-order valence-electron chi connectivity index (χ2n) is 20.3. The van der Waals surface area contributed by atoms with Crippen LogP contribution in [0.5, 0.6) is 11.5 Å². The van der Waals surface area contributed by atoms with Crippen LogP contribution in [-0.4, -0.2) is 58.5 Å². The average molecular weight is 982 g/mol. The van der Waals surface area contributed by atoms with Crippen molar-refractivity contribution in [2.45, 2.75) is 200 Å². The molecular weight excluding hydrogens is 899 g/mol. The van der Waals surface area contributed by atoms with Gasteiger partial charge in [-0.2, -0.15) is 4.63 Å². The summed E-state index contributed by atoms with van der Waals surface area (Å²) in [5, 5.41) is 14.4. The number of carbonyl (C=O) groups is 2. The van der Waals surface area contributed by atoms with Gasteiger partial charge >= 0.3 is 0 Å². The lowest BCUT2D eigenvalue weighted by atomic mass is 9.93. The second kappa shape index (κ2) is 28.5. The standard InChI is InChI=1S/C56H83N7O6S/c1-8-10-12-14-16-18-20-22-24-26-28-49(68-47-34-30-42(3)31-35-47)54(64)57-45-38-43(53-59-52-41-51(56(4,5)6)60-63(52)61-53)39-46(40-45)58-55(65)50(29-27-25-23-21-19-17-15-13-11-9-2)69-48-36-32-44(33-37-48)62-70(7,66)67/h30-41,49-50,60,62H,8-29H2,1-7H3,(H,57,64)(H,58,65). The molecule has 13 nitrogen and oxygen atoms in total. The number of aryl methyl sites for hydroxylation is 1. The number of nitrogens with zero attached hydrogens (tertiary/aromatic N) is 3. The maximum absolute atomic E-state index is 14.4. The van der Waals surface area contributed by atoms with Crippen molar-refractivity contribution in [2.75, 3.05) is 21.6 Å².